The van der Waals surface area contributed by atoms with Crippen molar-refractivity contribution in [2.75, 3.05) is 4.90 Å². The molecule has 364 valence electrons. The standard InChI is InChI=1S/C69H69BN2O/c1-7-68(34-40-16-17-41(25-40)35-68)46-19-21-57-50(29-46)52-30-47(69-36-42-26-43(37-69)28-44(27-42)38-69)31-53-51-32-54-49-14-10-11-15-60(49)73-65(54)64-62(51)70(72(57)63(52)53)61-48-13-9-8-12-45(48)18-20-58(61)71(64)59-33-56-55(24-39(59)2)66(3,4)22-23-67(56,5)6/h8-15,18-21,24,29-33,40-44H,7,16-17,22-23,25-28,34-38H2,1-6H3. The molecule has 6 fully saturated rings. The molecule has 3 nitrogen and oxygen atoms in total. The molecule has 2 atom stereocenters. The summed E-state index contributed by atoms with van der Waals surface area (Å²) in [6, 6.07) is 44.5. The summed E-state index contributed by atoms with van der Waals surface area (Å²) in [5.74, 6) is 4.37. The number of para-hydroxylation sites is 1. The van der Waals surface area contributed by atoms with Gasteiger partial charge in [-0.1, -0.05) is 108 Å². The lowest BCUT2D eigenvalue weighted by Gasteiger charge is -2.57. The lowest BCUT2D eigenvalue weighted by molar-refractivity contribution is -0.00511. The van der Waals surface area contributed by atoms with Crippen LogP contribution in [0.2, 0.25) is 0 Å². The van der Waals surface area contributed by atoms with E-state index in [1.54, 1.807) is 11.1 Å². The van der Waals surface area contributed by atoms with Gasteiger partial charge >= 0.3 is 6.85 Å². The van der Waals surface area contributed by atoms with Crippen LogP contribution in [0.3, 0.4) is 0 Å². The molecule has 2 unspecified atom stereocenters. The predicted octanol–water partition coefficient (Wildman–Crippen LogP) is 17.2. The molecule has 7 aliphatic carbocycles. The minimum Gasteiger partial charge on any atom is -0.454 e. The fourth-order valence-electron chi connectivity index (χ4n) is 19.3. The Morgan fingerprint density at radius 2 is 1.25 bits per heavy atom. The van der Waals surface area contributed by atoms with E-state index in [2.05, 4.69) is 160 Å². The third-order valence-corrected chi connectivity index (χ3v) is 22.4. The van der Waals surface area contributed by atoms with Gasteiger partial charge in [-0.05, 0) is 239 Å². The molecular formula is C69H69BN2O. The molecule has 9 aromatic rings. The van der Waals surface area contributed by atoms with Gasteiger partial charge < -0.3 is 13.8 Å². The van der Waals surface area contributed by atoms with Crippen molar-refractivity contribution in [2.45, 2.75) is 153 Å². The second kappa shape index (κ2) is 14.1. The molecule has 0 spiro atoms. The van der Waals surface area contributed by atoms with E-state index in [-0.39, 0.29) is 28.5 Å². The molecular weight excluding hydrogens is 884 g/mol. The second-order valence-corrected chi connectivity index (χ2v) is 27.4. The Hall–Kier alpha value is -5.74. The van der Waals surface area contributed by atoms with Gasteiger partial charge in [0.25, 0.3) is 0 Å². The van der Waals surface area contributed by atoms with Crippen LogP contribution in [0.4, 0.5) is 17.1 Å². The summed E-state index contributed by atoms with van der Waals surface area (Å²) in [6.45, 7) is 14.8. The van der Waals surface area contributed by atoms with E-state index in [1.165, 1.54) is 189 Å². The molecule has 2 aliphatic heterocycles. The summed E-state index contributed by atoms with van der Waals surface area (Å²) < 4.78 is 10.3. The van der Waals surface area contributed by atoms with Crippen molar-refractivity contribution in [1.29, 1.82) is 0 Å². The average Bonchev–Trinajstić information content (AvgIpc) is 4.05. The Morgan fingerprint density at radius 1 is 0.575 bits per heavy atom. The van der Waals surface area contributed by atoms with Crippen LogP contribution in [0.1, 0.15) is 152 Å². The first-order valence-corrected chi connectivity index (χ1v) is 29.0. The van der Waals surface area contributed by atoms with Crippen LogP contribution in [0.15, 0.2) is 114 Å². The van der Waals surface area contributed by atoms with E-state index in [4.69, 9.17) is 4.42 Å². The summed E-state index contributed by atoms with van der Waals surface area (Å²) in [6.07, 6.45) is 19.1. The van der Waals surface area contributed by atoms with Crippen LogP contribution in [0.25, 0.3) is 65.6 Å². The first-order valence-electron chi connectivity index (χ1n) is 29.0. The largest absolute Gasteiger partial charge is 0.454 e. The maximum absolute atomic E-state index is 7.40. The number of furan rings is 1. The highest BCUT2D eigenvalue weighted by Gasteiger charge is 2.53. The summed E-state index contributed by atoms with van der Waals surface area (Å²) in [7, 11) is 0. The van der Waals surface area contributed by atoms with Crippen LogP contribution in [0, 0.1) is 36.5 Å². The van der Waals surface area contributed by atoms with Gasteiger partial charge in [-0.2, -0.15) is 0 Å². The maximum atomic E-state index is 7.40. The van der Waals surface area contributed by atoms with Crippen molar-refractivity contribution < 1.29 is 4.42 Å². The number of aryl methyl sites for hydroxylation is 1. The third kappa shape index (κ3) is 5.54. The smallest absolute Gasteiger partial charge is 0.333 e. The third-order valence-electron chi connectivity index (χ3n) is 22.4. The zero-order chi connectivity index (χ0) is 48.7. The van der Waals surface area contributed by atoms with Gasteiger partial charge in [0.1, 0.15) is 5.58 Å². The van der Waals surface area contributed by atoms with Crippen LogP contribution in [-0.2, 0) is 21.7 Å². The average molecular weight is 953 g/mol. The lowest BCUT2D eigenvalue weighted by Crippen LogP contribution is -2.57. The van der Waals surface area contributed by atoms with Crippen LogP contribution < -0.4 is 15.8 Å². The van der Waals surface area contributed by atoms with Gasteiger partial charge in [0.2, 0.25) is 0 Å². The molecule has 6 bridgehead atoms. The highest BCUT2D eigenvalue weighted by molar-refractivity contribution is 6.92. The summed E-state index contributed by atoms with van der Waals surface area (Å²) in [4.78, 5) is 2.71. The van der Waals surface area contributed by atoms with Gasteiger partial charge in [-0.3, -0.25) is 0 Å². The van der Waals surface area contributed by atoms with Crippen molar-refractivity contribution in [3.05, 3.63) is 137 Å². The number of benzene rings is 7. The highest BCUT2D eigenvalue weighted by atomic mass is 16.3. The van der Waals surface area contributed by atoms with Crippen molar-refractivity contribution in [1.82, 2.24) is 4.48 Å². The van der Waals surface area contributed by atoms with E-state index in [0.717, 1.165) is 40.8 Å². The SMILES string of the molecule is CCC1(c2ccc3c(c2)c2cc(C45CC6CC(CC(C6)C4)C5)cc4c2n3B2c3c-4cc4c(oc5ccccc54)c3N(c3cc4c(cc3C)C(C)(C)CCC4(C)C)c3ccc4ccccc4c32)CC2CCC(C2)C1. The molecule has 0 amide bonds. The Kier molecular flexibility index (Phi) is 8.25. The Labute approximate surface area is 431 Å². The van der Waals surface area contributed by atoms with Gasteiger partial charge in [0, 0.05) is 49.5 Å². The van der Waals surface area contributed by atoms with Crippen molar-refractivity contribution in [3.8, 4) is 11.1 Å². The van der Waals surface area contributed by atoms with Gasteiger partial charge in [-0.25, -0.2) is 0 Å². The van der Waals surface area contributed by atoms with E-state index in [0.29, 0.717) is 0 Å². The first-order chi connectivity index (χ1) is 35.4. The molecule has 0 N–H and O–H groups in total. The predicted molar refractivity (Wildman–Crippen MR) is 307 cm³/mol. The normalized spacial score (nSPS) is 28.7. The zero-order valence-corrected chi connectivity index (χ0v) is 44.1. The second-order valence-electron chi connectivity index (χ2n) is 27.4. The molecule has 6 saturated carbocycles. The van der Waals surface area contributed by atoms with E-state index >= 15 is 0 Å². The molecule has 0 radical (unpaired) electrons. The van der Waals surface area contributed by atoms with Gasteiger partial charge in [0.15, 0.2) is 5.58 Å². The topological polar surface area (TPSA) is 21.3 Å². The zero-order valence-electron chi connectivity index (χ0n) is 44.1. The number of aromatic nitrogens is 1. The molecule has 9 aliphatic rings. The van der Waals surface area contributed by atoms with Crippen molar-refractivity contribution in [3.63, 3.8) is 0 Å². The molecule has 0 saturated heterocycles. The Morgan fingerprint density at radius 3 is 1.99 bits per heavy atom. The number of anilines is 3. The van der Waals surface area contributed by atoms with E-state index in [9.17, 15) is 0 Å². The monoisotopic (exact) mass is 953 g/mol. The lowest BCUT2D eigenvalue weighted by atomic mass is 9.44. The minimum atomic E-state index is -0.0670. The first kappa shape index (κ1) is 42.6. The molecule has 18 rings (SSSR count). The quantitative estimate of drug-likeness (QED) is 0.164. The molecule has 2 aromatic heterocycles. The minimum absolute atomic E-state index is 0.0529. The fraction of sp³-hybridized carbons (Fsp3) is 0.420. The summed E-state index contributed by atoms with van der Waals surface area (Å²) >= 11 is 0. The number of fused-ring (bicyclic) bond motifs is 16. The highest BCUT2D eigenvalue weighted by Crippen LogP contribution is 2.63. The number of rotatable bonds is 4. The van der Waals surface area contributed by atoms with Gasteiger partial charge in [0.05, 0.1) is 5.69 Å². The number of nitrogens with zero attached hydrogens (tertiary/aromatic N) is 2. The van der Waals surface area contributed by atoms with E-state index in [1.807, 2.05) is 0 Å². The van der Waals surface area contributed by atoms with Crippen LogP contribution in [0.5, 0.6) is 0 Å². The summed E-state index contributed by atoms with van der Waals surface area (Å²) in [5.41, 5.74) is 22.5. The van der Waals surface area contributed by atoms with Crippen LogP contribution in [-0.4, -0.2) is 11.3 Å². The van der Waals surface area contributed by atoms with Gasteiger partial charge in [-0.15, -0.1) is 0 Å². The Balaban J connectivity index is 1.03. The molecule has 4 heterocycles. The van der Waals surface area contributed by atoms with Crippen LogP contribution >= 0.6 is 0 Å². The van der Waals surface area contributed by atoms with Crippen molar-refractivity contribution in [2.24, 2.45) is 29.6 Å². The summed E-state index contributed by atoms with van der Waals surface area (Å²) in [5, 5.41) is 8.06. The Bertz CT molecular complexity index is 3890. The van der Waals surface area contributed by atoms with E-state index < -0.39 is 0 Å². The maximum Gasteiger partial charge on any atom is 0.333 e. The molecule has 4 heteroatoms. The number of hydrogen-bond acceptors (Lipinski definition) is 2. The van der Waals surface area contributed by atoms with Crippen molar-refractivity contribution >= 4 is 89.4 Å². The molecule has 7 aromatic carbocycles. The molecule has 73 heavy (non-hydrogen) atoms. The number of hydrogen-bond donors (Lipinski definition) is 0. The fourth-order valence-corrected chi connectivity index (χ4v) is 19.3.